The zero-order chi connectivity index (χ0) is 5.91. The monoisotopic (exact) mass is 176 g/mol. The van der Waals surface area contributed by atoms with Gasteiger partial charge in [0.05, 0.1) is 0 Å². The molecule has 48 valence electrons. The van der Waals surface area contributed by atoms with Crippen molar-refractivity contribution in [3.63, 3.8) is 0 Å². The zero-order valence-electron chi connectivity index (χ0n) is 5.58. The Kier molecular flexibility index (Phi) is 7.55. The van der Waals surface area contributed by atoms with E-state index in [1.54, 1.807) is 0 Å². The molecule has 1 N–H and O–H groups in total. The van der Waals surface area contributed by atoms with Gasteiger partial charge in [0.2, 0.25) is 0 Å². The molecule has 0 saturated heterocycles. The maximum atomic E-state index is 10.4. The predicted octanol–water partition coefficient (Wildman–Crippen LogP) is 0.733. The van der Waals surface area contributed by atoms with Gasteiger partial charge in [-0.25, -0.2) is 4.57 Å². The second kappa shape index (κ2) is 5.05. The molecule has 0 amide bonds. The summed E-state index contributed by atoms with van der Waals surface area (Å²) in [5.74, 6) is 0. The van der Waals surface area contributed by atoms with Gasteiger partial charge in [-0.2, -0.15) is 0 Å². The Morgan fingerprint density at radius 3 is 1.75 bits per heavy atom. The third-order valence-corrected chi connectivity index (χ3v) is 0.523. The molecule has 0 radical (unpaired) electrons. The average molecular weight is 176 g/mol. The Hall–Kier alpha value is 1.23. The molecule has 8 heteroatoms. The van der Waals surface area contributed by atoms with Crippen LogP contribution >= 0.6 is 7.82 Å². The minimum atomic E-state index is -4.99. The van der Waals surface area contributed by atoms with E-state index in [1.807, 2.05) is 0 Å². The molecule has 0 heterocycles. The van der Waals surface area contributed by atoms with E-state index in [0.717, 1.165) is 0 Å². The molecular weight excluding hydrogens is 173 g/mol. The Labute approximate surface area is 76.2 Å². The minimum Gasteiger partial charge on any atom is -1.00 e. The molecule has 8 heavy (non-hydrogen) atoms. The summed E-state index contributed by atoms with van der Waals surface area (Å²) in [5, 5.41) is 0. The van der Waals surface area contributed by atoms with E-state index in [9.17, 15) is 13.6 Å². The van der Waals surface area contributed by atoms with E-state index in [0.29, 0.717) is 0 Å². The summed E-state index contributed by atoms with van der Waals surface area (Å²) < 4.78 is 34.3. The van der Waals surface area contributed by atoms with Crippen molar-refractivity contribution in [1.82, 2.24) is 0 Å². The van der Waals surface area contributed by atoms with Crippen LogP contribution in [0, 0.1) is 0 Å². The second-order valence-electron chi connectivity index (χ2n) is 0.607. The quantitative estimate of drug-likeness (QED) is 0.497. The third kappa shape index (κ3) is 5.37. The summed E-state index contributed by atoms with van der Waals surface area (Å²) >= 11 is 0. The fourth-order valence-electron chi connectivity index (χ4n) is 0.0106. The summed E-state index contributed by atoms with van der Waals surface area (Å²) in [4.78, 5) is 7.49. The average Bonchev–Trinajstić information content (AvgIpc) is 1.68. The van der Waals surface area contributed by atoms with Gasteiger partial charge in [-0.05, 0) is 9.05 Å². The molecule has 0 aromatic rings. The molecule has 0 fully saturated rings. The van der Waals surface area contributed by atoms with Crippen LogP contribution in [-0.4, -0.2) is 42.6 Å². The summed E-state index contributed by atoms with van der Waals surface area (Å²) in [6.07, 6.45) is 0. The summed E-state index contributed by atoms with van der Waals surface area (Å²) in [6, 6.07) is 0. The second-order valence-corrected chi connectivity index (χ2v) is 1.82. The molecule has 0 atom stereocenters. The SMILES string of the molecule is O=P(O)(OF)OF.[Ca+2].[H-].[H-]. The maximum absolute atomic E-state index is 10.4. The molecule has 0 aliphatic rings. The topological polar surface area (TPSA) is 55.8 Å². The maximum Gasteiger partial charge on any atom is 2.00 e. The molecule has 4 nitrogen and oxygen atoms in total. The molecule has 0 bridgehead atoms. The normalized spacial score (nSPS) is 10.4. The number of hydrogen-bond acceptors (Lipinski definition) is 3. The molecular formula is H3CaF2O4P. The van der Waals surface area contributed by atoms with Crippen LogP contribution < -0.4 is 0 Å². The van der Waals surface area contributed by atoms with Gasteiger partial charge >= 0.3 is 45.6 Å². The van der Waals surface area contributed by atoms with Crippen LogP contribution in [0.15, 0.2) is 0 Å². The molecule has 0 saturated carbocycles. The van der Waals surface area contributed by atoms with Crippen molar-refractivity contribution in [2.24, 2.45) is 0 Å². The standard InChI is InChI=1S/Ca.F2HO4P.2H/c;1-5-7(3,4)6-2;;/h;(H,3,4);;/q+2;;2*-1. The first-order valence-corrected chi connectivity index (χ1v) is 2.55. The van der Waals surface area contributed by atoms with Gasteiger partial charge in [-0.15, -0.1) is 0 Å². The van der Waals surface area contributed by atoms with Crippen LogP contribution in [0.1, 0.15) is 2.85 Å². The molecule has 0 aliphatic heterocycles. The Bertz CT molecular complexity index is 93.3. The predicted molar refractivity (Wildman–Crippen MR) is 22.2 cm³/mol. The van der Waals surface area contributed by atoms with E-state index < -0.39 is 7.82 Å². The molecule has 0 aliphatic carbocycles. The van der Waals surface area contributed by atoms with Gasteiger partial charge < -0.3 is 2.85 Å². The van der Waals surface area contributed by atoms with Crippen LogP contribution in [0.4, 0.5) is 9.05 Å². The van der Waals surface area contributed by atoms with E-state index in [-0.39, 0.29) is 40.6 Å². The third-order valence-electron chi connectivity index (χ3n) is 0.174. The van der Waals surface area contributed by atoms with Gasteiger partial charge in [0.15, 0.2) is 0 Å². The van der Waals surface area contributed by atoms with Crippen LogP contribution in [0.2, 0.25) is 0 Å². The van der Waals surface area contributed by atoms with Crippen LogP contribution in [-0.2, 0) is 14.0 Å². The first-order valence-electron chi connectivity index (χ1n) is 1.06. The van der Waals surface area contributed by atoms with Crippen molar-refractivity contribution >= 4 is 45.6 Å². The summed E-state index contributed by atoms with van der Waals surface area (Å²) in [5.41, 5.74) is 0. The van der Waals surface area contributed by atoms with Crippen molar-refractivity contribution in [2.45, 2.75) is 0 Å². The largest absolute Gasteiger partial charge is 2.00 e. The minimum absolute atomic E-state index is 0. The van der Waals surface area contributed by atoms with Gasteiger partial charge in [0.25, 0.3) is 0 Å². The van der Waals surface area contributed by atoms with Crippen LogP contribution in [0.25, 0.3) is 0 Å². The van der Waals surface area contributed by atoms with Gasteiger partial charge in [0, 0.05) is 0 Å². The first-order chi connectivity index (χ1) is 3.12. The number of rotatable bonds is 2. The fourth-order valence-corrected chi connectivity index (χ4v) is 0.0319. The Balaban J connectivity index is -0.0000000600. The van der Waals surface area contributed by atoms with Crippen molar-refractivity contribution in [1.29, 1.82) is 0 Å². The van der Waals surface area contributed by atoms with Crippen LogP contribution in [0.3, 0.4) is 0 Å². The molecule has 0 unspecified atom stereocenters. The Morgan fingerprint density at radius 2 is 1.75 bits per heavy atom. The summed E-state index contributed by atoms with van der Waals surface area (Å²) in [7, 11) is -4.99. The molecule has 0 spiro atoms. The molecule has 0 rings (SSSR count). The van der Waals surface area contributed by atoms with Crippen molar-refractivity contribution in [3.05, 3.63) is 0 Å². The first kappa shape index (κ1) is 12.0. The fraction of sp³-hybridized carbons (Fsp3) is 0. The summed E-state index contributed by atoms with van der Waals surface area (Å²) in [6.45, 7) is 0. The smallest absolute Gasteiger partial charge is 1.00 e. The Morgan fingerprint density at radius 1 is 1.50 bits per heavy atom. The molecule has 0 aromatic carbocycles. The van der Waals surface area contributed by atoms with Crippen LogP contribution in [0.5, 0.6) is 0 Å². The van der Waals surface area contributed by atoms with E-state index in [1.165, 1.54) is 0 Å². The van der Waals surface area contributed by atoms with Gasteiger partial charge in [0.1, 0.15) is 0 Å². The number of phosphoric acid groups is 1. The van der Waals surface area contributed by atoms with Gasteiger partial charge in [-0.1, -0.05) is 9.46 Å². The number of hydrogen-bond donors (Lipinski definition) is 1. The van der Waals surface area contributed by atoms with Crippen molar-refractivity contribution in [2.75, 3.05) is 0 Å². The molecule has 0 aromatic heterocycles. The van der Waals surface area contributed by atoms with Gasteiger partial charge in [-0.3, -0.25) is 4.89 Å². The van der Waals surface area contributed by atoms with E-state index >= 15 is 0 Å². The number of halogens is 2. The van der Waals surface area contributed by atoms with Crippen molar-refractivity contribution in [3.8, 4) is 0 Å². The van der Waals surface area contributed by atoms with Crippen molar-refractivity contribution < 1.29 is 30.8 Å². The van der Waals surface area contributed by atoms with E-state index in [2.05, 4.69) is 9.46 Å². The zero-order valence-corrected chi connectivity index (χ0v) is 6.69. The van der Waals surface area contributed by atoms with E-state index in [4.69, 9.17) is 4.89 Å².